The molecule has 2 rings (SSSR count). The number of pyridine rings is 1. The third-order valence-electron chi connectivity index (χ3n) is 2.54. The van der Waals surface area contributed by atoms with Gasteiger partial charge in [-0.15, -0.1) is 0 Å². The lowest BCUT2D eigenvalue weighted by Gasteiger charge is -2.07. The van der Waals surface area contributed by atoms with E-state index < -0.39 is 5.97 Å². The van der Waals surface area contributed by atoms with Crippen LogP contribution in [0.15, 0.2) is 47.4 Å². The molecule has 2 aromatic rings. The van der Waals surface area contributed by atoms with Crippen LogP contribution >= 0.6 is 11.6 Å². The molecule has 18 heavy (non-hydrogen) atoms. The maximum Gasteiger partial charge on any atom is 0.335 e. The van der Waals surface area contributed by atoms with Crippen LogP contribution < -0.4 is 5.56 Å². The Morgan fingerprint density at radius 3 is 2.67 bits per heavy atom. The second-order valence-corrected chi connectivity index (χ2v) is 4.19. The molecule has 0 amide bonds. The van der Waals surface area contributed by atoms with Crippen LogP contribution in [0.1, 0.15) is 15.9 Å². The van der Waals surface area contributed by atoms with E-state index in [2.05, 4.69) is 0 Å². The van der Waals surface area contributed by atoms with Crippen molar-refractivity contribution in [2.75, 3.05) is 0 Å². The average molecular weight is 264 g/mol. The number of nitrogens with zero attached hydrogens (tertiary/aromatic N) is 1. The number of aromatic carboxylic acids is 1. The van der Waals surface area contributed by atoms with Gasteiger partial charge < -0.3 is 9.67 Å². The number of benzene rings is 1. The van der Waals surface area contributed by atoms with E-state index in [4.69, 9.17) is 16.7 Å². The predicted octanol–water partition coefficient (Wildman–Crippen LogP) is 2.25. The van der Waals surface area contributed by atoms with Crippen LogP contribution in [0.4, 0.5) is 0 Å². The SMILES string of the molecule is O=C(O)c1ccc(Cn2ccccc2=O)c(Cl)c1. The maximum absolute atomic E-state index is 11.5. The summed E-state index contributed by atoms with van der Waals surface area (Å²) < 4.78 is 1.50. The van der Waals surface area contributed by atoms with E-state index >= 15 is 0 Å². The summed E-state index contributed by atoms with van der Waals surface area (Å²) in [5.41, 5.74) is 0.704. The number of carboxylic acid groups (broad SMARTS) is 1. The molecule has 1 aromatic heterocycles. The van der Waals surface area contributed by atoms with Crippen molar-refractivity contribution < 1.29 is 9.90 Å². The maximum atomic E-state index is 11.5. The zero-order valence-corrected chi connectivity index (χ0v) is 10.1. The van der Waals surface area contributed by atoms with Gasteiger partial charge in [0, 0.05) is 17.3 Å². The van der Waals surface area contributed by atoms with Gasteiger partial charge in [-0.25, -0.2) is 4.79 Å². The molecule has 0 atom stereocenters. The van der Waals surface area contributed by atoms with Crippen LogP contribution in [-0.4, -0.2) is 15.6 Å². The van der Waals surface area contributed by atoms with Gasteiger partial charge in [0.2, 0.25) is 0 Å². The number of halogens is 1. The van der Waals surface area contributed by atoms with Gasteiger partial charge >= 0.3 is 5.97 Å². The fraction of sp³-hybridized carbons (Fsp3) is 0.0769. The molecule has 0 radical (unpaired) electrons. The van der Waals surface area contributed by atoms with E-state index in [1.807, 2.05) is 0 Å². The summed E-state index contributed by atoms with van der Waals surface area (Å²) in [4.78, 5) is 22.3. The van der Waals surface area contributed by atoms with Crippen LogP contribution in [0.3, 0.4) is 0 Å². The molecule has 0 saturated heterocycles. The molecule has 0 spiro atoms. The van der Waals surface area contributed by atoms with Crippen LogP contribution in [0.2, 0.25) is 5.02 Å². The van der Waals surface area contributed by atoms with Gasteiger partial charge in [0.25, 0.3) is 5.56 Å². The van der Waals surface area contributed by atoms with Crippen molar-refractivity contribution in [1.82, 2.24) is 4.57 Å². The third-order valence-corrected chi connectivity index (χ3v) is 2.89. The molecule has 0 saturated carbocycles. The second kappa shape index (κ2) is 5.06. The van der Waals surface area contributed by atoms with Crippen molar-refractivity contribution in [3.63, 3.8) is 0 Å². The number of aromatic nitrogens is 1. The summed E-state index contributed by atoms with van der Waals surface area (Å²) in [6, 6.07) is 9.34. The smallest absolute Gasteiger partial charge is 0.335 e. The van der Waals surface area contributed by atoms with E-state index in [0.29, 0.717) is 17.1 Å². The Morgan fingerprint density at radius 1 is 1.28 bits per heavy atom. The molecule has 1 heterocycles. The Labute approximate surface area is 108 Å². The van der Waals surface area contributed by atoms with Crippen LogP contribution in [0, 0.1) is 0 Å². The molecule has 0 unspecified atom stereocenters. The molecule has 0 aliphatic rings. The van der Waals surface area contributed by atoms with Crippen LogP contribution in [-0.2, 0) is 6.54 Å². The number of rotatable bonds is 3. The van der Waals surface area contributed by atoms with E-state index in [1.165, 1.54) is 22.8 Å². The number of carbonyl (C=O) groups is 1. The Balaban J connectivity index is 2.33. The first-order chi connectivity index (χ1) is 8.58. The van der Waals surface area contributed by atoms with Gasteiger partial charge in [-0.05, 0) is 23.8 Å². The molecule has 5 heteroatoms. The lowest BCUT2D eigenvalue weighted by Crippen LogP contribution is -2.18. The summed E-state index contributed by atoms with van der Waals surface area (Å²) in [6.07, 6.45) is 1.66. The van der Waals surface area contributed by atoms with Crippen molar-refractivity contribution in [2.45, 2.75) is 6.54 Å². The molecule has 1 aromatic carbocycles. The lowest BCUT2D eigenvalue weighted by molar-refractivity contribution is 0.0697. The van der Waals surface area contributed by atoms with Gasteiger partial charge in [-0.3, -0.25) is 4.79 Å². The highest BCUT2D eigenvalue weighted by atomic mass is 35.5. The van der Waals surface area contributed by atoms with Crippen molar-refractivity contribution in [3.8, 4) is 0 Å². The van der Waals surface area contributed by atoms with Gasteiger partial charge in [-0.2, -0.15) is 0 Å². The minimum atomic E-state index is -1.03. The molecule has 1 N–H and O–H groups in total. The Bertz CT molecular complexity index is 649. The normalized spacial score (nSPS) is 10.3. The van der Waals surface area contributed by atoms with Crippen molar-refractivity contribution in [2.24, 2.45) is 0 Å². The Morgan fingerprint density at radius 2 is 2.06 bits per heavy atom. The summed E-state index contributed by atoms with van der Waals surface area (Å²) in [5, 5.41) is 9.16. The van der Waals surface area contributed by atoms with Gasteiger partial charge in [0.15, 0.2) is 0 Å². The Kier molecular flexibility index (Phi) is 3.48. The third kappa shape index (κ3) is 2.60. The predicted molar refractivity (Wildman–Crippen MR) is 68.2 cm³/mol. The minimum absolute atomic E-state index is 0.129. The minimum Gasteiger partial charge on any atom is -0.478 e. The topological polar surface area (TPSA) is 59.3 Å². The monoisotopic (exact) mass is 263 g/mol. The van der Waals surface area contributed by atoms with Crippen molar-refractivity contribution in [1.29, 1.82) is 0 Å². The summed E-state index contributed by atoms with van der Waals surface area (Å²) in [6.45, 7) is 0.318. The molecule has 92 valence electrons. The zero-order chi connectivity index (χ0) is 13.1. The standard InChI is InChI=1S/C13H10ClNO3/c14-11-7-9(13(17)18)4-5-10(11)8-15-6-2-1-3-12(15)16/h1-7H,8H2,(H,17,18). The first kappa shape index (κ1) is 12.4. The molecular weight excluding hydrogens is 254 g/mol. The first-order valence-corrected chi connectivity index (χ1v) is 5.63. The first-order valence-electron chi connectivity index (χ1n) is 5.25. The molecular formula is C13H10ClNO3. The fourth-order valence-electron chi connectivity index (χ4n) is 1.58. The largest absolute Gasteiger partial charge is 0.478 e. The summed E-state index contributed by atoms with van der Waals surface area (Å²) in [5.74, 6) is -1.03. The highest BCUT2D eigenvalue weighted by Crippen LogP contribution is 2.18. The summed E-state index contributed by atoms with van der Waals surface area (Å²) in [7, 11) is 0. The average Bonchev–Trinajstić information content (AvgIpc) is 2.34. The quantitative estimate of drug-likeness (QED) is 0.924. The number of hydrogen-bond acceptors (Lipinski definition) is 2. The molecule has 4 nitrogen and oxygen atoms in total. The number of carboxylic acids is 1. The zero-order valence-electron chi connectivity index (χ0n) is 9.34. The van der Waals surface area contributed by atoms with E-state index in [-0.39, 0.29) is 11.1 Å². The Hall–Kier alpha value is -2.07. The molecule has 0 fully saturated rings. The lowest BCUT2D eigenvalue weighted by atomic mass is 10.1. The van der Waals surface area contributed by atoms with Gasteiger partial charge in [0.1, 0.15) is 0 Å². The molecule has 0 aliphatic heterocycles. The molecule has 0 bridgehead atoms. The second-order valence-electron chi connectivity index (χ2n) is 3.78. The van der Waals surface area contributed by atoms with E-state index in [9.17, 15) is 9.59 Å². The van der Waals surface area contributed by atoms with Crippen molar-refractivity contribution >= 4 is 17.6 Å². The highest BCUT2D eigenvalue weighted by Gasteiger charge is 2.07. The van der Waals surface area contributed by atoms with E-state index in [0.717, 1.165) is 0 Å². The van der Waals surface area contributed by atoms with Crippen LogP contribution in [0.5, 0.6) is 0 Å². The highest BCUT2D eigenvalue weighted by molar-refractivity contribution is 6.31. The fourth-order valence-corrected chi connectivity index (χ4v) is 1.82. The summed E-state index contributed by atoms with van der Waals surface area (Å²) >= 11 is 6.00. The van der Waals surface area contributed by atoms with Gasteiger partial charge in [0.05, 0.1) is 12.1 Å². The van der Waals surface area contributed by atoms with Crippen LogP contribution in [0.25, 0.3) is 0 Å². The number of hydrogen-bond donors (Lipinski definition) is 1. The van der Waals surface area contributed by atoms with E-state index in [1.54, 1.807) is 24.4 Å². The van der Waals surface area contributed by atoms with Gasteiger partial charge in [-0.1, -0.05) is 23.7 Å². The van der Waals surface area contributed by atoms with Crippen molar-refractivity contribution in [3.05, 3.63) is 69.1 Å². The molecule has 0 aliphatic carbocycles.